The predicted octanol–water partition coefficient (Wildman–Crippen LogP) is 5.43. The summed E-state index contributed by atoms with van der Waals surface area (Å²) in [5.41, 5.74) is -1.04. The average Bonchev–Trinajstić information content (AvgIpc) is 3.90. The number of halogens is 1. The second-order valence-corrected chi connectivity index (χ2v) is 24.0. The van der Waals surface area contributed by atoms with Crippen LogP contribution in [0.15, 0.2) is 35.9 Å². The zero-order valence-electron chi connectivity index (χ0n) is 38.8. The van der Waals surface area contributed by atoms with Crippen molar-refractivity contribution in [2.75, 3.05) is 57.2 Å². The lowest BCUT2D eigenvalue weighted by atomic mass is 9.83. The third-order valence-corrected chi connectivity index (χ3v) is 15.5. The summed E-state index contributed by atoms with van der Waals surface area (Å²) in [6, 6.07) is 2.51. The molecule has 2 saturated heterocycles. The number of anilines is 1. The van der Waals surface area contributed by atoms with Gasteiger partial charge in [-0.25, -0.2) is 9.59 Å². The number of rotatable bonds is 15. The van der Waals surface area contributed by atoms with Crippen molar-refractivity contribution < 1.29 is 57.0 Å². The first-order valence-corrected chi connectivity index (χ1v) is 25.4. The largest absolute Gasteiger partial charge is 0.495 e. The number of hydrogen-bond acceptors (Lipinski definition) is 13. The number of ketones is 1. The Morgan fingerprint density at radius 2 is 1.87 bits per heavy atom. The molecule has 2 fully saturated rings. The lowest BCUT2D eigenvalue weighted by molar-refractivity contribution is -0.162. The number of aliphatic hydroxyl groups is 1. The van der Waals surface area contributed by atoms with E-state index in [1.54, 1.807) is 64.6 Å². The number of carbonyl (C=O) groups excluding carboxylic acids is 5. The maximum atomic E-state index is 14.3. The standard InChI is InChI=1S/C45H68ClN3O12S2/c1-27-15-13-17-35(58-10)45(55)25-34(59-42(54)47-45)28(2)40-44(6,61-40)36(24-38(52)49(8)32-22-30(21-27)23-33(57-9)39(32)46)60-41(53)29(3)48(7)37(51)18-19-43(4,5)62-26-31(50)16-14-20-63(11,12)56/h13,15,17,22-23,28-29,34-36,40,55,63H,14,16,18-21,24-26H2,1-12H3,(H,47,54)/b17-13+,27-15+/t28-,29+,34+,35-,36+,40+,44+,45+/m1/s1. The number of hydrogen-bond donors (Lipinski definition) is 3. The summed E-state index contributed by atoms with van der Waals surface area (Å²) in [6.07, 6.45) is 5.59. The molecule has 15 nitrogen and oxygen atoms in total. The van der Waals surface area contributed by atoms with Gasteiger partial charge in [-0.2, -0.15) is 0 Å². The van der Waals surface area contributed by atoms with Crippen LogP contribution in [0.3, 0.4) is 0 Å². The Labute approximate surface area is 382 Å². The van der Waals surface area contributed by atoms with Gasteiger partial charge < -0.3 is 38.6 Å². The molecule has 8 atom stereocenters. The lowest BCUT2D eigenvalue weighted by Crippen LogP contribution is -2.63. The number of nitrogens with zero attached hydrogens (tertiary/aromatic N) is 2. The number of thioether (sulfide) groups is 1. The van der Waals surface area contributed by atoms with Crippen molar-refractivity contribution in [2.45, 2.75) is 133 Å². The van der Waals surface area contributed by atoms with Crippen molar-refractivity contribution in [2.24, 2.45) is 5.92 Å². The van der Waals surface area contributed by atoms with Gasteiger partial charge in [0.2, 0.25) is 11.8 Å². The molecule has 0 aliphatic carbocycles. The van der Waals surface area contributed by atoms with E-state index >= 15 is 0 Å². The molecule has 354 valence electrons. The summed E-state index contributed by atoms with van der Waals surface area (Å²) in [5.74, 6) is -0.866. The fraction of sp³-hybridized carbons (Fsp3) is 0.667. The second-order valence-electron chi connectivity index (χ2n) is 18.4. The first-order chi connectivity index (χ1) is 29.2. The number of allylic oxidation sites excluding steroid dienone is 3. The molecule has 0 saturated carbocycles. The quantitative estimate of drug-likeness (QED) is 0.115. The maximum Gasteiger partial charge on any atom is 0.409 e. The predicted molar refractivity (Wildman–Crippen MR) is 247 cm³/mol. The molecule has 1 aromatic rings. The highest BCUT2D eigenvalue weighted by atomic mass is 35.5. The molecule has 0 spiro atoms. The number of alkyl carbamates (subject to hydrolysis) is 1. The minimum Gasteiger partial charge on any atom is -0.495 e. The molecule has 4 bridgehead atoms. The lowest BCUT2D eigenvalue weighted by Gasteiger charge is -2.42. The maximum absolute atomic E-state index is 14.3. The molecular weight excluding hydrogens is 874 g/mol. The molecule has 4 rings (SSSR count). The van der Waals surface area contributed by atoms with Crippen LogP contribution in [0.1, 0.15) is 85.6 Å². The molecule has 0 aromatic heterocycles. The number of thiol groups is 1. The average molecular weight is 943 g/mol. The zero-order chi connectivity index (χ0) is 47.2. The number of nitrogens with one attached hydrogen (secondary N) is 1. The van der Waals surface area contributed by atoms with Crippen molar-refractivity contribution in [1.29, 1.82) is 0 Å². The van der Waals surface area contributed by atoms with Crippen molar-refractivity contribution >= 4 is 68.6 Å². The number of benzene rings is 1. The van der Waals surface area contributed by atoms with Crippen molar-refractivity contribution in [3.05, 3.63) is 46.5 Å². The fourth-order valence-corrected chi connectivity index (χ4v) is 10.1. The van der Waals surface area contributed by atoms with Gasteiger partial charge in [-0.15, -0.1) is 21.7 Å². The Morgan fingerprint density at radius 3 is 2.51 bits per heavy atom. The van der Waals surface area contributed by atoms with Gasteiger partial charge in [0.05, 0.1) is 31.1 Å². The number of methoxy groups -OCH3 is 2. The Kier molecular flexibility index (Phi) is 17.6. The normalized spacial score (nSPS) is 28.9. The molecule has 2 N–H and O–H groups in total. The molecule has 0 unspecified atom stereocenters. The first kappa shape index (κ1) is 52.1. The number of esters is 1. The number of fused-ring (bicyclic) bond motifs is 5. The van der Waals surface area contributed by atoms with E-state index in [1.165, 1.54) is 42.8 Å². The van der Waals surface area contributed by atoms with Crippen LogP contribution in [0.5, 0.6) is 5.75 Å². The Bertz CT molecular complexity index is 1990. The third kappa shape index (κ3) is 13.8. The first-order valence-electron chi connectivity index (χ1n) is 21.3. The highest BCUT2D eigenvalue weighted by Gasteiger charge is 2.64. The molecule has 63 heavy (non-hydrogen) atoms. The van der Waals surface area contributed by atoms with Crippen LogP contribution in [0.25, 0.3) is 0 Å². The number of ether oxygens (including phenoxy) is 5. The van der Waals surface area contributed by atoms with E-state index in [0.717, 1.165) is 11.1 Å². The van der Waals surface area contributed by atoms with Crippen molar-refractivity contribution in [1.82, 2.24) is 10.2 Å². The van der Waals surface area contributed by atoms with E-state index in [4.69, 9.17) is 35.3 Å². The molecule has 3 heterocycles. The van der Waals surface area contributed by atoms with Crippen LogP contribution < -0.4 is 15.0 Å². The highest BCUT2D eigenvalue weighted by Crippen LogP contribution is 2.49. The molecule has 3 amide bonds. The van der Waals surface area contributed by atoms with Crippen LogP contribution in [0.2, 0.25) is 5.02 Å². The van der Waals surface area contributed by atoms with Gasteiger partial charge in [-0.3, -0.25) is 23.9 Å². The molecule has 3 aliphatic heterocycles. The van der Waals surface area contributed by atoms with Crippen LogP contribution in [-0.2, 0) is 54.5 Å². The van der Waals surface area contributed by atoms with Gasteiger partial charge >= 0.3 is 12.1 Å². The fourth-order valence-electron chi connectivity index (χ4n) is 7.88. The summed E-state index contributed by atoms with van der Waals surface area (Å²) >= 11 is 8.26. The van der Waals surface area contributed by atoms with E-state index in [-0.39, 0.29) is 41.7 Å². The van der Waals surface area contributed by atoms with Gasteiger partial charge in [-0.05, 0) is 70.2 Å². The highest BCUT2D eigenvalue weighted by molar-refractivity contribution is 8.01. The van der Waals surface area contributed by atoms with E-state index in [0.29, 0.717) is 42.9 Å². The van der Waals surface area contributed by atoms with Gasteiger partial charge in [0.25, 0.3) is 0 Å². The minimum absolute atomic E-state index is 0.0697. The van der Waals surface area contributed by atoms with Gasteiger partial charge in [0.1, 0.15) is 46.5 Å². The molecular formula is C45H68ClN3O12S2. The molecule has 0 radical (unpaired) electrons. The van der Waals surface area contributed by atoms with E-state index in [2.05, 4.69) is 5.32 Å². The van der Waals surface area contributed by atoms with Crippen molar-refractivity contribution in [3.63, 3.8) is 0 Å². The number of epoxide rings is 1. The third-order valence-electron chi connectivity index (χ3n) is 12.2. The Hall–Kier alpha value is -3.48. The minimum atomic E-state index is -2.18. The van der Waals surface area contributed by atoms with Crippen LogP contribution in [-0.4, -0.2) is 143 Å². The zero-order valence-corrected chi connectivity index (χ0v) is 41.2. The van der Waals surface area contributed by atoms with Crippen LogP contribution >= 0.6 is 23.4 Å². The summed E-state index contributed by atoms with van der Waals surface area (Å²) < 4.78 is 41.0. The Balaban J connectivity index is 1.58. The van der Waals surface area contributed by atoms with Gasteiger partial charge in [0.15, 0.2) is 5.72 Å². The van der Waals surface area contributed by atoms with Gasteiger partial charge in [0, 0.05) is 56.9 Å². The number of carbonyl (C=O) groups is 5. The SMILES string of the molecule is COc1cc2cc(c1Cl)N(C)C(=O)C[C@H](OC(=O)[C@H](C)N(C)C(=O)CCC(C)(C)SCC(=O)CCC[SH](C)(C)=O)[C@]1(C)O[C@H]1[C@H](C)[C@@H]1C[C@@](O)(NC(=O)O1)[C@H](OC)/C=C/C=C(\C)C2. The molecule has 3 aliphatic rings. The second kappa shape index (κ2) is 21.2. The van der Waals surface area contributed by atoms with E-state index in [9.17, 15) is 33.3 Å². The van der Waals surface area contributed by atoms with E-state index < -0.39 is 80.4 Å². The number of amides is 3. The van der Waals surface area contributed by atoms with Crippen molar-refractivity contribution in [3.8, 4) is 5.75 Å². The summed E-state index contributed by atoms with van der Waals surface area (Å²) in [6.45, 7) is 10.9. The monoisotopic (exact) mass is 941 g/mol. The van der Waals surface area contributed by atoms with Crippen LogP contribution in [0.4, 0.5) is 10.5 Å². The van der Waals surface area contributed by atoms with Crippen LogP contribution in [0, 0.1) is 5.92 Å². The van der Waals surface area contributed by atoms with Gasteiger partial charge in [-0.1, -0.05) is 56.2 Å². The number of likely N-dealkylation sites (N-methyl/N-ethyl adjacent to an activating group) is 1. The summed E-state index contributed by atoms with van der Waals surface area (Å²) in [5, 5.41) is 14.5. The molecule has 18 heteroatoms. The summed E-state index contributed by atoms with van der Waals surface area (Å²) in [4.78, 5) is 70.0. The molecule has 1 aromatic carbocycles. The number of Topliss-reactive ketones (excluding diaryl/α,β-unsaturated/α-hetero) is 1. The summed E-state index contributed by atoms with van der Waals surface area (Å²) in [7, 11) is 3.80. The Morgan fingerprint density at radius 1 is 1.19 bits per heavy atom. The van der Waals surface area contributed by atoms with E-state index in [1.807, 2.05) is 26.8 Å². The smallest absolute Gasteiger partial charge is 0.409 e. The topological polar surface area (TPSA) is 191 Å².